The van der Waals surface area contributed by atoms with Crippen molar-refractivity contribution in [2.45, 2.75) is 56.8 Å². The molecule has 1 heterocycles. The molecule has 6 heteroatoms. The summed E-state index contributed by atoms with van der Waals surface area (Å²) in [6, 6.07) is -0.797. The molecule has 17 heavy (non-hydrogen) atoms. The van der Waals surface area contributed by atoms with Crippen molar-refractivity contribution in [2.75, 3.05) is 13.2 Å². The van der Waals surface area contributed by atoms with E-state index in [1.807, 2.05) is 0 Å². The molecule has 0 bridgehead atoms. The summed E-state index contributed by atoms with van der Waals surface area (Å²) in [6.07, 6.45) is -0.908. The Balaban J connectivity index is 2.42. The predicted molar refractivity (Wildman–Crippen MR) is 61.2 cm³/mol. The summed E-state index contributed by atoms with van der Waals surface area (Å²) in [7, 11) is 0. The molecule has 1 rings (SSSR count). The molecule has 0 aromatic carbocycles. The lowest BCUT2D eigenvalue weighted by Gasteiger charge is -2.40. The van der Waals surface area contributed by atoms with Gasteiger partial charge in [0, 0.05) is 6.61 Å². The fourth-order valence-corrected chi connectivity index (χ4v) is 1.81. The molecule has 1 fully saturated rings. The van der Waals surface area contributed by atoms with Crippen molar-refractivity contribution in [2.24, 2.45) is 5.73 Å². The van der Waals surface area contributed by atoms with Gasteiger partial charge in [-0.3, -0.25) is 0 Å². The van der Waals surface area contributed by atoms with Gasteiger partial charge in [0.05, 0.1) is 12.6 Å². The first-order valence-corrected chi connectivity index (χ1v) is 6.11. The zero-order valence-electron chi connectivity index (χ0n) is 10.2. The summed E-state index contributed by atoms with van der Waals surface area (Å²) in [5.41, 5.74) is 5.70. The van der Waals surface area contributed by atoms with Crippen LogP contribution in [0.5, 0.6) is 0 Å². The van der Waals surface area contributed by atoms with Gasteiger partial charge in [0.15, 0.2) is 6.29 Å². The second-order valence-electron chi connectivity index (χ2n) is 4.36. The van der Waals surface area contributed by atoms with Crippen molar-refractivity contribution in [3.8, 4) is 0 Å². The molecule has 0 radical (unpaired) electrons. The van der Waals surface area contributed by atoms with Gasteiger partial charge < -0.3 is 30.5 Å². The Labute approximate surface area is 101 Å². The minimum atomic E-state index is -1.18. The first-order valence-electron chi connectivity index (χ1n) is 6.11. The monoisotopic (exact) mass is 249 g/mol. The molecule has 1 aliphatic heterocycles. The van der Waals surface area contributed by atoms with Crippen LogP contribution in [0.15, 0.2) is 0 Å². The third-order valence-corrected chi connectivity index (χ3v) is 2.96. The lowest BCUT2D eigenvalue weighted by atomic mass is 9.98. The van der Waals surface area contributed by atoms with Crippen molar-refractivity contribution < 1.29 is 24.8 Å². The van der Waals surface area contributed by atoms with Crippen molar-refractivity contribution in [3.05, 3.63) is 0 Å². The van der Waals surface area contributed by atoms with Gasteiger partial charge in [0.25, 0.3) is 0 Å². The van der Waals surface area contributed by atoms with Crippen LogP contribution in [-0.2, 0) is 9.47 Å². The van der Waals surface area contributed by atoms with Gasteiger partial charge in [-0.25, -0.2) is 0 Å². The average molecular weight is 249 g/mol. The van der Waals surface area contributed by atoms with Crippen LogP contribution >= 0.6 is 0 Å². The van der Waals surface area contributed by atoms with Gasteiger partial charge in [-0.1, -0.05) is 19.8 Å². The van der Waals surface area contributed by atoms with Gasteiger partial charge >= 0.3 is 0 Å². The highest BCUT2D eigenvalue weighted by Gasteiger charge is 2.42. The van der Waals surface area contributed by atoms with Crippen LogP contribution in [0.2, 0.25) is 0 Å². The molecule has 0 aliphatic carbocycles. The highest BCUT2D eigenvalue weighted by molar-refractivity contribution is 4.91. The predicted octanol–water partition coefficient (Wildman–Crippen LogP) is -1.04. The van der Waals surface area contributed by atoms with Gasteiger partial charge in [0.2, 0.25) is 0 Å². The summed E-state index contributed by atoms with van der Waals surface area (Å²) in [5.74, 6) is 0. The Bertz CT molecular complexity index is 214. The topological polar surface area (TPSA) is 105 Å². The molecule has 1 unspecified atom stereocenters. The van der Waals surface area contributed by atoms with Crippen molar-refractivity contribution in [1.82, 2.24) is 0 Å². The van der Waals surface area contributed by atoms with E-state index in [4.69, 9.17) is 20.3 Å². The van der Waals surface area contributed by atoms with E-state index < -0.39 is 30.6 Å². The van der Waals surface area contributed by atoms with E-state index in [1.165, 1.54) is 0 Å². The lowest BCUT2D eigenvalue weighted by Crippen LogP contribution is -2.62. The highest BCUT2D eigenvalue weighted by Crippen LogP contribution is 2.20. The maximum atomic E-state index is 9.67. The van der Waals surface area contributed by atoms with Crippen LogP contribution in [0.25, 0.3) is 0 Å². The first kappa shape index (κ1) is 14.8. The summed E-state index contributed by atoms with van der Waals surface area (Å²) in [4.78, 5) is 0. The molecule has 102 valence electrons. The molecular formula is C11H23NO5. The third-order valence-electron chi connectivity index (χ3n) is 2.96. The van der Waals surface area contributed by atoms with E-state index in [-0.39, 0.29) is 6.61 Å². The molecule has 0 saturated carbocycles. The molecule has 6 nitrogen and oxygen atoms in total. The number of aliphatic hydroxyl groups excluding tert-OH is 3. The number of hydrogen-bond acceptors (Lipinski definition) is 6. The largest absolute Gasteiger partial charge is 0.394 e. The Morgan fingerprint density at radius 2 is 1.94 bits per heavy atom. The maximum absolute atomic E-state index is 9.67. The summed E-state index contributed by atoms with van der Waals surface area (Å²) < 4.78 is 10.7. The second-order valence-corrected chi connectivity index (χ2v) is 4.36. The number of hydrogen-bond donors (Lipinski definition) is 4. The fourth-order valence-electron chi connectivity index (χ4n) is 1.81. The summed E-state index contributed by atoms with van der Waals surface area (Å²) in [5, 5.41) is 28.2. The van der Waals surface area contributed by atoms with E-state index in [2.05, 4.69) is 6.92 Å². The van der Waals surface area contributed by atoms with Crippen LogP contribution in [0.3, 0.4) is 0 Å². The minimum Gasteiger partial charge on any atom is -0.394 e. The first-order chi connectivity index (χ1) is 8.11. The van der Waals surface area contributed by atoms with Crippen molar-refractivity contribution in [3.63, 3.8) is 0 Å². The van der Waals surface area contributed by atoms with Crippen molar-refractivity contribution in [1.29, 1.82) is 0 Å². The van der Waals surface area contributed by atoms with Crippen LogP contribution in [-0.4, -0.2) is 59.2 Å². The van der Waals surface area contributed by atoms with E-state index in [1.54, 1.807) is 0 Å². The summed E-state index contributed by atoms with van der Waals surface area (Å²) in [6.45, 7) is 2.21. The number of nitrogens with two attached hydrogens (primary N) is 1. The minimum absolute atomic E-state index is 0.375. The van der Waals surface area contributed by atoms with Crippen molar-refractivity contribution >= 4 is 0 Å². The molecule has 0 aromatic rings. The number of ether oxygens (including phenoxy) is 2. The Hall–Kier alpha value is -0.240. The Morgan fingerprint density at radius 3 is 2.53 bits per heavy atom. The molecule has 5 atom stereocenters. The third kappa shape index (κ3) is 3.87. The quantitative estimate of drug-likeness (QED) is 0.448. The van der Waals surface area contributed by atoms with Gasteiger partial charge in [0.1, 0.15) is 18.3 Å². The average Bonchev–Trinajstić information content (AvgIpc) is 2.34. The zero-order valence-corrected chi connectivity index (χ0v) is 10.2. The Kier molecular flexibility index (Phi) is 6.32. The molecular weight excluding hydrogens is 226 g/mol. The SMILES string of the molecule is CCCCCOC1O[C@H](CO)[C@@H](O)[C@H](O)[C@@H]1N. The van der Waals surface area contributed by atoms with Gasteiger partial charge in [-0.15, -0.1) is 0 Å². The molecule has 0 spiro atoms. The van der Waals surface area contributed by atoms with Crippen LogP contribution in [0.4, 0.5) is 0 Å². The number of unbranched alkanes of at least 4 members (excludes halogenated alkanes) is 2. The maximum Gasteiger partial charge on any atom is 0.175 e. The molecule has 5 N–H and O–H groups in total. The van der Waals surface area contributed by atoms with Crippen LogP contribution in [0, 0.1) is 0 Å². The molecule has 0 amide bonds. The molecule has 1 aliphatic rings. The zero-order chi connectivity index (χ0) is 12.8. The van der Waals surface area contributed by atoms with E-state index in [9.17, 15) is 10.2 Å². The molecule has 0 aromatic heterocycles. The highest BCUT2D eigenvalue weighted by atomic mass is 16.7. The van der Waals surface area contributed by atoms with E-state index >= 15 is 0 Å². The molecule has 1 saturated heterocycles. The smallest absolute Gasteiger partial charge is 0.175 e. The lowest BCUT2D eigenvalue weighted by molar-refractivity contribution is -0.265. The Morgan fingerprint density at radius 1 is 1.24 bits per heavy atom. The van der Waals surface area contributed by atoms with Gasteiger partial charge in [-0.05, 0) is 6.42 Å². The van der Waals surface area contributed by atoms with E-state index in [0.717, 1.165) is 19.3 Å². The standard InChI is InChI=1S/C11H23NO5/c1-2-3-4-5-16-11-8(12)10(15)9(14)7(6-13)17-11/h7-11,13-15H,2-6,12H2,1H3/t7-,8+,9-,10-,11?/m1/s1. The van der Waals surface area contributed by atoms with Gasteiger partial charge in [-0.2, -0.15) is 0 Å². The van der Waals surface area contributed by atoms with E-state index in [0.29, 0.717) is 6.61 Å². The second kappa shape index (κ2) is 7.25. The van der Waals surface area contributed by atoms with Crippen LogP contribution < -0.4 is 5.73 Å². The fraction of sp³-hybridized carbons (Fsp3) is 1.00. The normalized spacial score (nSPS) is 38.3. The number of rotatable bonds is 6. The summed E-state index contributed by atoms with van der Waals surface area (Å²) >= 11 is 0. The number of aliphatic hydroxyl groups is 3. The van der Waals surface area contributed by atoms with Crippen LogP contribution in [0.1, 0.15) is 26.2 Å².